The van der Waals surface area contributed by atoms with Crippen LogP contribution in [0.1, 0.15) is 61.6 Å². The molecule has 0 spiro atoms. The van der Waals surface area contributed by atoms with Crippen LogP contribution in [-0.4, -0.2) is 51.5 Å². The number of benzene rings is 2. The molecule has 0 radical (unpaired) electrons. The van der Waals surface area contributed by atoms with Crippen LogP contribution in [0.3, 0.4) is 0 Å². The first-order valence-electron chi connectivity index (χ1n) is 13.6. The number of likely N-dealkylation sites (tertiary alicyclic amines) is 1. The van der Waals surface area contributed by atoms with Gasteiger partial charge in [0.25, 0.3) is 0 Å². The second-order valence-corrected chi connectivity index (χ2v) is 11.4. The molecule has 2 aliphatic rings. The number of hydrogen-bond acceptors (Lipinski definition) is 5. The fourth-order valence-electron chi connectivity index (χ4n) is 5.50. The summed E-state index contributed by atoms with van der Waals surface area (Å²) in [5, 5.41) is 11.4. The standard InChI is InChI=1S/C32H36ClN3O3/c1-22(37)36(19-23-8-11-25(33)12-9-23)26-14-17-35(20-26)16-5-7-27-28-6-4-15-34-30(28)21-39-31-13-10-24(18-29(27)31)32(2,3)38/h4,6-13,15,18,26,38H,5,14,16-17,19-21H2,1-3H3/b27-7+/t26-/m0/s1. The van der Waals surface area contributed by atoms with Crippen molar-refractivity contribution in [3.05, 3.63) is 99.8 Å². The normalized spacial score (nSPS) is 18.3. The molecule has 0 saturated carbocycles. The summed E-state index contributed by atoms with van der Waals surface area (Å²) in [6, 6.07) is 17.9. The van der Waals surface area contributed by atoms with Crippen molar-refractivity contribution < 1.29 is 14.6 Å². The Kier molecular flexibility index (Phi) is 8.08. The zero-order valence-electron chi connectivity index (χ0n) is 22.9. The smallest absolute Gasteiger partial charge is 0.220 e. The highest BCUT2D eigenvalue weighted by molar-refractivity contribution is 6.30. The van der Waals surface area contributed by atoms with E-state index in [1.807, 2.05) is 53.4 Å². The largest absolute Gasteiger partial charge is 0.487 e. The Balaban J connectivity index is 1.32. The number of nitrogens with zero attached hydrogens (tertiary/aromatic N) is 3. The van der Waals surface area contributed by atoms with E-state index in [-0.39, 0.29) is 11.9 Å². The van der Waals surface area contributed by atoms with Gasteiger partial charge in [-0.05, 0) is 73.7 Å². The summed E-state index contributed by atoms with van der Waals surface area (Å²) in [5.74, 6) is 0.897. The van der Waals surface area contributed by atoms with Crippen molar-refractivity contribution in [2.75, 3.05) is 19.6 Å². The SMILES string of the molecule is CC(=O)N(Cc1ccc(Cl)cc1)[C@H]1CCN(CC/C=C2/c3cc(C(C)(C)O)ccc3OCc3ncccc32)C1. The zero-order chi connectivity index (χ0) is 27.6. The molecule has 5 rings (SSSR count). The molecule has 1 atom stereocenters. The van der Waals surface area contributed by atoms with Crippen molar-refractivity contribution in [2.45, 2.75) is 58.4 Å². The highest BCUT2D eigenvalue weighted by Crippen LogP contribution is 2.38. The van der Waals surface area contributed by atoms with Crippen molar-refractivity contribution in [3.63, 3.8) is 0 Å². The molecule has 1 saturated heterocycles. The van der Waals surface area contributed by atoms with Crippen molar-refractivity contribution in [2.24, 2.45) is 0 Å². The number of aliphatic hydroxyl groups is 1. The molecule has 6 nitrogen and oxygen atoms in total. The summed E-state index contributed by atoms with van der Waals surface area (Å²) >= 11 is 6.04. The van der Waals surface area contributed by atoms with Gasteiger partial charge in [0.2, 0.25) is 5.91 Å². The van der Waals surface area contributed by atoms with Crippen LogP contribution >= 0.6 is 11.6 Å². The monoisotopic (exact) mass is 545 g/mol. The van der Waals surface area contributed by atoms with Gasteiger partial charge in [-0.15, -0.1) is 0 Å². The van der Waals surface area contributed by atoms with Gasteiger partial charge in [0, 0.05) is 61.5 Å². The number of aromatic nitrogens is 1. The molecule has 204 valence electrons. The Labute approximate surface area is 235 Å². The van der Waals surface area contributed by atoms with Gasteiger partial charge in [-0.1, -0.05) is 41.9 Å². The van der Waals surface area contributed by atoms with Crippen LogP contribution in [0.15, 0.2) is 66.9 Å². The number of carbonyl (C=O) groups is 1. The molecule has 1 fully saturated rings. The van der Waals surface area contributed by atoms with Gasteiger partial charge < -0.3 is 19.6 Å². The predicted molar refractivity (Wildman–Crippen MR) is 154 cm³/mol. The number of ether oxygens (including phenoxy) is 1. The topological polar surface area (TPSA) is 65.9 Å². The molecular weight excluding hydrogens is 510 g/mol. The fraction of sp³-hybridized carbons (Fsp3) is 0.375. The number of amides is 1. The highest BCUT2D eigenvalue weighted by atomic mass is 35.5. The zero-order valence-corrected chi connectivity index (χ0v) is 23.6. The summed E-state index contributed by atoms with van der Waals surface area (Å²) in [6.07, 6.45) is 5.88. The van der Waals surface area contributed by atoms with Crippen LogP contribution in [-0.2, 0) is 23.5 Å². The van der Waals surface area contributed by atoms with Crippen LogP contribution in [0, 0.1) is 0 Å². The number of halogens is 1. The van der Waals surface area contributed by atoms with Crippen molar-refractivity contribution in [3.8, 4) is 5.75 Å². The van der Waals surface area contributed by atoms with Crippen LogP contribution in [0.4, 0.5) is 0 Å². The van der Waals surface area contributed by atoms with Crippen molar-refractivity contribution >= 4 is 23.1 Å². The molecule has 3 heterocycles. The van der Waals surface area contributed by atoms with Crippen LogP contribution < -0.4 is 4.74 Å². The van der Waals surface area contributed by atoms with E-state index in [9.17, 15) is 9.90 Å². The number of pyridine rings is 1. The first kappa shape index (κ1) is 27.4. The molecule has 2 aromatic carbocycles. The summed E-state index contributed by atoms with van der Waals surface area (Å²) in [6.45, 7) is 8.96. The number of hydrogen-bond donors (Lipinski definition) is 1. The molecule has 7 heteroatoms. The molecule has 1 aromatic heterocycles. The number of rotatable bonds is 7. The average molecular weight is 546 g/mol. The van der Waals surface area contributed by atoms with Crippen LogP contribution in [0.25, 0.3) is 5.57 Å². The van der Waals surface area contributed by atoms with Crippen LogP contribution in [0.5, 0.6) is 5.75 Å². The lowest BCUT2D eigenvalue weighted by atomic mass is 9.90. The minimum atomic E-state index is -0.955. The molecule has 3 aromatic rings. The molecular formula is C32H36ClN3O3. The molecule has 1 N–H and O–H groups in total. The van der Waals surface area contributed by atoms with Crippen LogP contribution in [0.2, 0.25) is 5.02 Å². The molecule has 2 aliphatic heterocycles. The minimum Gasteiger partial charge on any atom is -0.487 e. The number of carbonyl (C=O) groups excluding carboxylic acids is 1. The maximum atomic E-state index is 12.5. The molecule has 1 amide bonds. The average Bonchev–Trinajstić information content (AvgIpc) is 3.31. The molecule has 0 unspecified atom stereocenters. The third kappa shape index (κ3) is 6.35. The Hall–Kier alpha value is -3.19. The number of fused-ring (bicyclic) bond motifs is 2. The van der Waals surface area contributed by atoms with E-state index in [1.54, 1.807) is 27.0 Å². The van der Waals surface area contributed by atoms with E-state index in [0.29, 0.717) is 18.2 Å². The van der Waals surface area contributed by atoms with E-state index in [2.05, 4.69) is 22.0 Å². The Morgan fingerprint density at radius 2 is 2.00 bits per heavy atom. The van der Waals surface area contributed by atoms with Crippen molar-refractivity contribution in [1.82, 2.24) is 14.8 Å². The van der Waals surface area contributed by atoms with Gasteiger partial charge in [0.15, 0.2) is 0 Å². The predicted octanol–water partition coefficient (Wildman–Crippen LogP) is 5.80. The van der Waals surface area contributed by atoms with Crippen molar-refractivity contribution in [1.29, 1.82) is 0 Å². The van der Waals surface area contributed by atoms with E-state index in [1.165, 1.54) is 0 Å². The molecule has 39 heavy (non-hydrogen) atoms. The maximum Gasteiger partial charge on any atom is 0.220 e. The van der Waals surface area contributed by atoms with E-state index >= 15 is 0 Å². The maximum absolute atomic E-state index is 12.5. The Bertz CT molecular complexity index is 1360. The summed E-state index contributed by atoms with van der Waals surface area (Å²) < 4.78 is 6.13. The second-order valence-electron chi connectivity index (χ2n) is 11.0. The van der Waals surface area contributed by atoms with Gasteiger partial charge >= 0.3 is 0 Å². The summed E-state index contributed by atoms with van der Waals surface area (Å²) in [4.78, 5) is 21.5. The van der Waals surface area contributed by atoms with Gasteiger partial charge in [-0.3, -0.25) is 9.78 Å². The third-order valence-corrected chi connectivity index (χ3v) is 7.93. The Morgan fingerprint density at radius 1 is 1.21 bits per heavy atom. The van der Waals surface area contributed by atoms with E-state index in [4.69, 9.17) is 16.3 Å². The lowest BCUT2D eigenvalue weighted by molar-refractivity contribution is -0.131. The lowest BCUT2D eigenvalue weighted by Gasteiger charge is -2.28. The first-order chi connectivity index (χ1) is 18.7. The van der Waals surface area contributed by atoms with Gasteiger partial charge in [-0.25, -0.2) is 0 Å². The Morgan fingerprint density at radius 3 is 2.74 bits per heavy atom. The lowest BCUT2D eigenvalue weighted by Crippen LogP contribution is -2.40. The van der Waals surface area contributed by atoms with Gasteiger partial charge in [-0.2, -0.15) is 0 Å². The van der Waals surface area contributed by atoms with E-state index < -0.39 is 5.60 Å². The first-order valence-corrected chi connectivity index (χ1v) is 14.0. The van der Waals surface area contributed by atoms with E-state index in [0.717, 1.165) is 71.7 Å². The third-order valence-electron chi connectivity index (χ3n) is 7.67. The summed E-state index contributed by atoms with van der Waals surface area (Å²) in [5.41, 5.74) is 5.01. The van der Waals surface area contributed by atoms with Gasteiger partial charge in [0.05, 0.1) is 11.3 Å². The highest BCUT2D eigenvalue weighted by Gasteiger charge is 2.29. The molecule has 0 bridgehead atoms. The minimum absolute atomic E-state index is 0.0979. The summed E-state index contributed by atoms with van der Waals surface area (Å²) in [7, 11) is 0. The second kappa shape index (κ2) is 11.5. The quantitative estimate of drug-likeness (QED) is 0.406. The fourth-order valence-corrected chi connectivity index (χ4v) is 5.63. The van der Waals surface area contributed by atoms with Gasteiger partial charge in [0.1, 0.15) is 12.4 Å². The molecule has 0 aliphatic carbocycles.